The van der Waals surface area contributed by atoms with E-state index in [1.165, 1.54) is 0 Å². The molecule has 0 aromatic carbocycles. The van der Waals surface area contributed by atoms with Gasteiger partial charge in [0.2, 0.25) is 11.9 Å². The lowest BCUT2D eigenvalue weighted by Gasteiger charge is -2.21. The molecule has 0 spiro atoms. The van der Waals surface area contributed by atoms with Crippen LogP contribution in [0.15, 0.2) is 6.20 Å². The fraction of sp³-hybridized carbons (Fsp3) is 0.583. The van der Waals surface area contributed by atoms with Gasteiger partial charge in [0.15, 0.2) is 11.6 Å². The van der Waals surface area contributed by atoms with Gasteiger partial charge in [-0.25, -0.2) is 9.37 Å². The molecule has 0 saturated carbocycles. The molecule has 19 heavy (non-hydrogen) atoms. The predicted octanol–water partition coefficient (Wildman–Crippen LogP) is 1.01. The number of nitrogens with zero attached hydrogens (tertiary/aromatic N) is 3. The van der Waals surface area contributed by atoms with E-state index >= 15 is 0 Å². The van der Waals surface area contributed by atoms with E-state index in [0.29, 0.717) is 19.0 Å². The standard InChI is InChI=1S/C12H20FN5O/c1-4-6-15-12-16-7-9(13)11(17-12)18(5-2)8-10(19)14-3/h7H,4-6,8H2,1-3H3,(H,14,19)(H,15,16,17). The fourth-order valence-corrected chi connectivity index (χ4v) is 1.49. The lowest BCUT2D eigenvalue weighted by Crippen LogP contribution is -2.36. The van der Waals surface area contributed by atoms with E-state index in [9.17, 15) is 9.18 Å². The molecule has 0 fully saturated rings. The second-order valence-electron chi connectivity index (χ2n) is 3.98. The molecule has 1 aromatic heterocycles. The Labute approximate surface area is 112 Å². The Bertz CT molecular complexity index is 427. The predicted molar refractivity (Wildman–Crippen MR) is 72.7 cm³/mol. The van der Waals surface area contributed by atoms with Crippen LogP contribution >= 0.6 is 0 Å². The minimum atomic E-state index is -0.534. The van der Waals surface area contributed by atoms with Crippen LogP contribution in [-0.4, -0.2) is 42.6 Å². The summed E-state index contributed by atoms with van der Waals surface area (Å²) in [6, 6.07) is 0. The summed E-state index contributed by atoms with van der Waals surface area (Å²) in [6.45, 7) is 5.11. The van der Waals surface area contributed by atoms with Crippen LogP contribution in [0, 0.1) is 5.82 Å². The molecule has 1 heterocycles. The zero-order chi connectivity index (χ0) is 14.3. The molecule has 6 nitrogen and oxygen atoms in total. The number of rotatable bonds is 7. The highest BCUT2D eigenvalue weighted by Gasteiger charge is 2.16. The first-order chi connectivity index (χ1) is 9.12. The van der Waals surface area contributed by atoms with Crippen LogP contribution in [0.5, 0.6) is 0 Å². The third-order valence-corrected chi connectivity index (χ3v) is 2.55. The van der Waals surface area contributed by atoms with Gasteiger partial charge in [-0.3, -0.25) is 4.79 Å². The molecule has 0 aliphatic rings. The highest BCUT2D eigenvalue weighted by atomic mass is 19.1. The third-order valence-electron chi connectivity index (χ3n) is 2.55. The molecule has 0 bridgehead atoms. The Hall–Kier alpha value is -1.92. The van der Waals surface area contributed by atoms with Crippen LogP contribution in [0.25, 0.3) is 0 Å². The Morgan fingerprint density at radius 3 is 2.79 bits per heavy atom. The molecule has 0 saturated heterocycles. The lowest BCUT2D eigenvalue weighted by molar-refractivity contribution is -0.119. The van der Waals surface area contributed by atoms with Crippen molar-refractivity contribution < 1.29 is 9.18 Å². The van der Waals surface area contributed by atoms with Crippen molar-refractivity contribution >= 4 is 17.7 Å². The quantitative estimate of drug-likeness (QED) is 0.773. The minimum Gasteiger partial charge on any atom is -0.358 e. The Kier molecular flexibility index (Phi) is 5.98. The van der Waals surface area contributed by atoms with Gasteiger partial charge in [-0.1, -0.05) is 6.92 Å². The van der Waals surface area contributed by atoms with Gasteiger partial charge in [-0.2, -0.15) is 4.98 Å². The molecule has 0 aliphatic carbocycles. The molecule has 1 amide bonds. The number of hydrogen-bond donors (Lipinski definition) is 2. The van der Waals surface area contributed by atoms with Crippen molar-refractivity contribution in [2.45, 2.75) is 20.3 Å². The number of halogens is 1. The van der Waals surface area contributed by atoms with Crippen LogP contribution in [-0.2, 0) is 4.79 Å². The van der Waals surface area contributed by atoms with Gasteiger partial charge < -0.3 is 15.5 Å². The van der Waals surface area contributed by atoms with Gasteiger partial charge in [-0.15, -0.1) is 0 Å². The van der Waals surface area contributed by atoms with E-state index in [1.54, 1.807) is 11.9 Å². The first-order valence-corrected chi connectivity index (χ1v) is 6.34. The monoisotopic (exact) mass is 269 g/mol. The topological polar surface area (TPSA) is 70.2 Å². The van der Waals surface area contributed by atoms with E-state index < -0.39 is 5.82 Å². The van der Waals surface area contributed by atoms with Gasteiger partial charge in [0.25, 0.3) is 0 Å². The molecule has 0 aliphatic heterocycles. The Morgan fingerprint density at radius 1 is 1.47 bits per heavy atom. The number of nitrogens with one attached hydrogen (secondary N) is 2. The van der Waals surface area contributed by atoms with Gasteiger partial charge in [0.05, 0.1) is 12.7 Å². The van der Waals surface area contributed by atoms with Crippen molar-refractivity contribution in [1.82, 2.24) is 15.3 Å². The summed E-state index contributed by atoms with van der Waals surface area (Å²) in [5, 5.41) is 5.50. The summed E-state index contributed by atoms with van der Waals surface area (Å²) >= 11 is 0. The smallest absolute Gasteiger partial charge is 0.239 e. The number of likely N-dealkylation sites (N-methyl/N-ethyl adjacent to an activating group) is 2. The molecular formula is C12H20FN5O. The van der Waals surface area contributed by atoms with Crippen LogP contribution in [0.2, 0.25) is 0 Å². The number of anilines is 2. The number of hydrogen-bond acceptors (Lipinski definition) is 5. The van der Waals surface area contributed by atoms with E-state index in [-0.39, 0.29) is 18.3 Å². The zero-order valence-corrected chi connectivity index (χ0v) is 11.5. The average Bonchev–Trinajstić information content (AvgIpc) is 2.43. The number of carbonyl (C=O) groups excluding carboxylic acids is 1. The molecule has 7 heteroatoms. The maximum atomic E-state index is 13.8. The molecule has 0 atom stereocenters. The van der Waals surface area contributed by atoms with Crippen LogP contribution in [0.3, 0.4) is 0 Å². The van der Waals surface area contributed by atoms with E-state index in [1.807, 2.05) is 13.8 Å². The van der Waals surface area contributed by atoms with Crippen molar-refractivity contribution in [2.75, 3.05) is 36.9 Å². The minimum absolute atomic E-state index is 0.0636. The second-order valence-corrected chi connectivity index (χ2v) is 3.98. The van der Waals surface area contributed by atoms with Crippen molar-refractivity contribution in [3.63, 3.8) is 0 Å². The zero-order valence-electron chi connectivity index (χ0n) is 11.5. The average molecular weight is 269 g/mol. The SMILES string of the molecule is CCCNc1ncc(F)c(N(CC)CC(=O)NC)n1. The summed E-state index contributed by atoms with van der Waals surface area (Å²) < 4.78 is 13.8. The van der Waals surface area contributed by atoms with Crippen molar-refractivity contribution in [1.29, 1.82) is 0 Å². The highest BCUT2D eigenvalue weighted by Crippen LogP contribution is 2.16. The van der Waals surface area contributed by atoms with Crippen LogP contribution in [0.4, 0.5) is 16.2 Å². The first kappa shape index (κ1) is 15.1. The summed E-state index contributed by atoms with van der Waals surface area (Å²) in [6.07, 6.45) is 2.04. The summed E-state index contributed by atoms with van der Waals surface area (Å²) in [5.41, 5.74) is 0. The molecule has 1 rings (SSSR count). The molecular weight excluding hydrogens is 249 g/mol. The fourth-order valence-electron chi connectivity index (χ4n) is 1.49. The van der Waals surface area contributed by atoms with Crippen molar-refractivity contribution in [3.8, 4) is 0 Å². The second kappa shape index (κ2) is 7.50. The van der Waals surface area contributed by atoms with Gasteiger partial charge >= 0.3 is 0 Å². The largest absolute Gasteiger partial charge is 0.358 e. The molecule has 0 radical (unpaired) electrons. The number of carbonyl (C=O) groups is 1. The third kappa shape index (κ3) is 4.35. The maximum Gasteiger partial charge on any atom is 0.239 e. The first-order valence-electron chi connectivity index (χ1n) is 6.34. The van der Waals surface area contributed by atoms with Gasteiger partial charge in [0, 0.05) is 20.1 Å². The van der Waals surface area contributed by atoms with Crippen LogP contribution in [0.1, 0.15) is 20.3 Å². The molecule has 0 unspecified atom stereocenters. The number of amides is 1. The molecule has 1 aromatic rings. The summed E-state index contributed by atoms with van der Waals surface area (Å²) in [5.74, 6) is -0.218. The Balaban J connectivity index is 2.91. The number of aromatic nitrogens is 2. The van der Waals surface area contributed by atoms with E-state index in [2.05, 4.69) is 20.6 Å². The van der Waals surface area contributed by atoms with E-state index in [4.69, 9.17) is 0 Å². The maximum absolute atomic E-state index is 13.8. The van der Waals surface area contributed by atoms with Gasteiger partial charge in [0.1, 0.15) is 0 Å². The van der Waals surface area contributed by atoms with Gasteiger partial charge in [-0.05, 0) is 13.3 Å². The van der Waals surface area contributed by atoms with E-state index in [0.717, 1.165) is 12.6 Å². The highest BCUT2D eigenvalue weighted by molar-refractivity contribution is 5.80. The molecule has 2 N–H and O–H groups in total. The molecule has 106 valence electrons. The summed E-state index contributed by atoms with van der Waals surface area (Å²) in [4.78, 5) is 20.9. The van der Waals surface area contributed by atoms with Crippen molar-refractivity contribution in [2.24, 2.45) is 0 Å². The normalized spacial score (nSPS) is 10.1. The Morgan fingerprint density at radius 2 is 2.21 bits per heavy atom. The lowest BCUT2D eigenvalue weighted by atomic mass is 10.4. The van der Waals surface area contributed by atoms with Crippen LogP contribution < -0.4 is 15.5 Å². The summed E-state index contributed by atoms with van der Waals surface area (Å²) in [7, 11) is 1.54. The van der Waals surface area contributed by atoms with Crippen molar-refractivity contribution in [3.05, 3.63) is 12.0 Å².